The fourth-order valence-electron chi connectivity index (χ4n) is 4.39. The normalized spacial score (nSPS) is 21.9. The minimum atomic E-state index is -0.568. The van der Waals surface area contributed by atoms with Crippen LogP contribution in [0.15, 0.2) is 42.5 Å². The van der Waals surface area contributed by atoms with Gasteiger partial charge >= 0.3 is 0 Å². The van der Waals surface area contributed by atoms with Gasteiger partial charge in [-0.25, -0.2) is 0 Å². The van der Waals surface area contributed by atoms with Gasteiger partial charge in [0.2, 0.25) is 0 Å². The van der Waals surface area contributed by atoms with Crippen LogP contribution in [0.4, 0.5) is 0 Å². The standard InChI is InChI=1S/C23H29NO5/c1-27-17-5-3-4-16(12-17)21(26)15-24-10-8-23(9-11-24)14-20(25)19-7-6-18(28-2)13-22(19)29-23/h3-7,12-13,20-21,25-26H,8-11,14-15H2,1-2H3/t20-,21-/m0/s1. The number of fused-ring (bicyclic) bond motifs is 1. The van der Waals surface area contributed by atoms with E-state index < -0.39 is 12.2 Å². The highest BCUT2D eigenvalue weighted by Gasteiger charge is 2.43. The van der Waals surface area contributed by atoms with Crippen LogP contribution in [0.25, 0.3) is 0 Å². The molecule has 2 aliphatic heterocycles. The van der Waals surface area contributed by atoms with E-state index in [4.69, 9.17) is 14.2 Å². The maximum atomic E-state index is 10.7. The summed E-state index contributed by atoms with van der Waals surface area (Å²) in [5, 5.41) is 21.3. The molecule has 0 amide bonds. The van der Waals surface area contributed by atoms with Crippen LogP contribution in [-0.4, -0.2) is 54.6 Å². The Morgan fingerprint density at radius 1 is 1.10 bits per heavy atom. The lowest BCUT2D eigenvalue weighted by Crippen LogP contribution is -2.51. The molecule has 0 unspecified atom stereocenters. The highest BCUT2D eigenvalue weighted by Crippen LogP contribution is 2.45. The van der Waals surface area contributed by atoms with Crippen LogP contribution in [0.5, 0.6) is 17.2 Å². The Balaban J connectivity index is 1.40. The largest absolute Gasteiger partial charge is 0.497 e. The zero-order chi connectivity index (χ0) is 20.4. The molecule has 2 heterocycles. The summed E-state index contributed by atoms with van der Waals surface area (Å²) in [4.78, 5) is 2.26. The quantitative estimate of drug-likeness (QED) is 0.805. The van der Waals surface area contributed by atoms with Crippen molar-refractivity contribution in [1.29, 1.82) is 0 Å². The van der Waals surface area contributed by atoms with Crippen molar-refractivity contribution in [2.24, 2.45) is 0 Å². The van der Waals surface area contributed by atoms with Crippen molar-refractivity contribution in [3.8, 4) is 17.2 Å². The van der Waals surface area contributed by atoms with Gasteiger partial charge in [0.25, 0.3) is 0 Å². The summed E-state index contributed by atoms with van der Waals surface area (Å²) in [5.74, 6) is 2.19. The van der Waals surface area contributed by atoms with E-state index in [1.807, 2.05) is 42.5 Å². The Morgan fingerprint density at radius 3 is 2.55 bits per heavy atom. The summed E-state index contributed by atoms with van der Waals surface area (Å²) in [6.07, 6.45) is 1.12. The Morgan fingerprint density at radius 2 is 1.83 bits per heavy atom. The molecule has 6 heteroatoms. The monoisotopic (exact) mass is 399 g/mol. The second-order valence-electron chi connectivity index (χ2n) is 8.00. The topological polar surface area (TPSA) is 71.4 Å². The SMILES string of the molecule is COc1cccc([C@@H](O)CN2CCC3(CC2)C[C@H](O)c2ccc(OC)cc2O3)c1. The fourth-order valence-corrected chi connectivity index (χ4v) is 4.39. The number of likely N-dealkylation sites (tertiary alicyclic amines) is 1. The molecule has 1 fully saturated rings. The molecule has 0 bridgehead atoms. The second-order valence-corrected chi connectivity index (χ2v) is 8.00. The summed E-state index contributed by atoms with van der Waals surface area (Å²) >= 11 is 0. The van der Waals surface area contributed by atoms with E-state index in [1.165, 1.54) is 0 Å². The minimum absolute atomic E-state index is 0.365. The van der Waals surface area contributed by atoms with Crippen LogP contribution in [0.3, 0.4) is 0 Å². The molecule has 6 nitrogen and oxygen atoms in total. The van der Waals surface area contributed by atoms with Crippen molar-refractivity contribution in [2.45, 2.75) is 37.1 Å². The average Bonchev–Trinajstić information content (AvgIpc) is 2.75. The van der Waals surface area contributed by atoms with Crippen LogP contribution < -0.4 is 14.2 Å². The van der Waals surface area contributed by atoms with Gasteiger partial charge in [-0.15, -0.1) is 0 Å². The van der Waals surface area contributed by atoms with Crippen LogP contribution in [0.2, 0.25) is 0 Å². The van der Waals surface area contributed by atoms with Crippen molar-refractivity contribution in [3.63, 3.8) is 0 Å². The number of hydrogen-bond acceptors (Lipinski definition) is 6. The molecule has 1 spiro atoms. The molecule has 4 rings (SSSR count). The predicted octanol–water partition coefficient (Wildman–Crippen LogP) is 3.09. The van der Waals surface area contributed by atoms with Gasteiger partial charge in [0.05, 0.1) is 26.4 Å². The van der Waals surface area contributed by atoms with E-state index in [1.54, 1.807) is 14.2 Å². The Kier molecular flexibility index (Phi) is 5.67. The number of rotatable bonds is 5. The number of nitrogens with zero attached hydrogens (tertiary/aromatic N) is 1. The summed E-state index contributed by atoms with van der Waals surface area (Å²) in [6.45, 7) is 2.19. The van der Waals surface area contributed by atoms with Gasteiger partial charge in [-0.1, -0.05) is 12.1 Å². The molecule has 2 aromatic carbocycles. The number of aliphatic hydroxyl groups is 2. The Hall–Kier alpha value is -2.28. The van der Waals surface area contributed by atoms with E-state index in [2.05, 4.69) is 4.90 Å². The third-order valence-electron chi connectivity index (χ3n) is 6.15. The van der Waals surface area contributed by atoms with Crippen LogP contribution in [-0.2, 0) is 0 Å². The van der Waals surface area contributed by atoms with Crippen LogP contribution >= 0.6 is 0 Å². The van der Waals surface area contributed by atoms with Gasteiger partial charge in [-0.2, -0.15) is 0 Å². The smallest absolute Gasteiger partial charge is 0.129 e. The highest BCUT2D eigenvalue weighted by molar-refractivity contribution is 5.44. The fraction of sp³-hybridized carbons (Fsp3) is 0.478. The second kappa shape index (κ2) is 8.22. The van der Waals surface area contributed by atoms with Gasteiger partial charge < -0.3 is 29.3 Å². The van der Waals surface area contributed by atoms with Gasteiger partial charge in [0.1, 0.15) is 22.8 Å². The van der Waals surface area contributed by atoms with Crippen LogP contribution in [0.1, 0.15) is 42.6 Å². The highest BCUT2D eigenvalue weighted by atomic mass is 16.5. The molecule has 29 heavy (non-hydrogen) atoms. The number of methoxy groups -OCH3 is 2. The lowest BCUT2D eigenvalue weighted by Gasteiger charge is -2.46. The molecule has 0 saturated carbocycles. The number of piperidine rings is 1. The van der Waals surface area contributed by atoms with E-state index >= 15 is 0 Å². The molecule has 0 radical (unpaired) electrons. The lowest BCUT2D eigenvalue weighted by atomic mass is 9.81. The number of benzene rings is 2. The molecule has 2 aliphatic rings. The number of hydrogen-bond donors (Lipinski definition) is 2. The predicted molar refractivity (Wildman–Crippen MR) is 110 cm³/mol. The van der Waals surface area contributed by atoms with Crippen molar-refractivity contribution in [1.82, 2.24) is 4.90 Å². The van der Waals surface area contributed by atoms with Gasteiger partial charge in [-0.05, 0) is 42.7 Å². The molecule has 156 valence electrons. The molecular formula is C23H29NO5. The van der Waals surface area contributed by atoms with Gasteiger partial charge in [0, 0.05) is 37.7 Å². The summed E-state index contributed by atoms with van der Waals surface area (Å²) < 4.78 is 17.0. The summed E-state index contributed by atoms with van der Waals surface area (Å²) in [7, 11) is 3.25. The van der Waals surface area contributed by atoms with Crippen molar-refractivity contribution < 1.29 is 24.4 Å². The van der Waals surface area contributed by atoms with Gasteiger partial charge in [-0.3, -0.25) is 0 Å². The molecular weight excluding hydrogens is 370 g/mol. The Labute approximate surface area is 171 Å². The van der Waals surface area contributed by atoms with E-state index in [0.29, 0.717) is 18.7 Å². The number of aliphatic hydroxyl groups excluding tert-OH is 2. The Bertz CT molecular complexity index is 847. The first-order valence-electron chi connectivity index (χ1n) is 10.1. The van der Waals surface area contributed by atoms with Crippen molar-refractivity contribution in [3.05, 3.63) is 53.6 Å². The minimum Gasteiger partial charge on any atom is -0.497 e. The van der Waals surface area contributed by atoms with Gasteiger partial charge in [0.15, 0.2) is 0 Å². The third kappa shape index (κ3) is 4.20. The van der Waals surface area contributed by atoms with E-state index in [-0.39, 0.29) is 5.60 Å². The zero-order valence-corrected chi connectivity index (χ0v) is 17.0. The summed E-state index contributed by atoms with van der Waals surface area (Å²) in [5.41, 5.74) is 1.32. The number of ether oxygens (including phenoxy) is 3. The molecule has 0 aliphatic carbocycles. The van der Waals surface area contributed by atoms with E-state index in [0.717, 1.165) is 48.6 Å². The number of β-amino-alcohol motifs (C(OH)–C–C–N with tert-alkyl or cyclic N) is 1. The third-order valence-corrected chi connectivity index (χ3v) is 6.15. The first-order chi connectivity index (χ1) is 14.0. The van der Waals surface area contributed by atoms with E-state index in [9.17, 15) is 10.2 Å². The summed E-state index contributed by atoms with van der Waals surface area (Å²) in [6, 6.07) is 13.2. The maximum absolute atomic E-state index is 10.7. The maximum Gasteiger partial charge on any atom is 0.129 e. The van der Waals surface area contributed by atoms with Crippen molar-refractivity contribution in [2.75, 3.05) is 33.9 Å². The lowest BCUT2D eigenvalue weighted by molar-refractivity contribution is -0.0588. The molecule has 2 N–H and O–H groups in total. The first-order valence-corrected chi connectivity index (χ1v) is 10.1. The average molecular weight is 399 g/mol. The zero-order valence-electron chi connectivity index (χ0n) is 17.0. The first kappa shape index (κ1) is 20.0. The molecule has 2 atom stereocenters. The molecule has 0 aromatic heterocycles. The van der Waals surface area contributed by atoms with Crippen molar-refractivity contribution >= 4 is 0 Å². The molecule has 1 saturated heterocycles. The molecule has 2 aromatic rings. The van der Waals surface area contributed by atoms with Crippen LogP contribution in [0, 0.1) is 0 Å².